The number of fused-ring (bicyclic) bond motifs is 6. The van der Waals surface area contributed by atoms with E-state index in [9.17, 15) is 30.0 Å². The van der Waals surface area contributed by atoms with Crippen molar-refractivity contribution in [3.8, 4) is 11.5 Å². The molecule has 6 aliphatic rings. The zero-order valence-electron chi connectivity index (χ0n) is 17.4. The van der Waals surface area contributed by atoms with E-state index < -0.39 is 70.9 Å². The molecule has 4 heterocycles. The lowest BCUT2D eigenvalue weighted by atomic mass is 9.63. The van der Waals surface area contributed by atoms with Gasteiger partial charge >= 0.3 is 0 Å². The highest BCUT2D eigenvalue weighted by atomic mass is 16.6. The molecular weight excluding hydrogens is 420 g/mol. The molecule has 7 atom stereocenters. The molecular formula is C23H22O9. The van der Waals surface area contributed by atoms with Crippen LogP contribution in [0.4, 0.5) is 0 Å². The van der Waals surface area contributed by atoms with Crippen molar-refractivity contribution in [3.05, 3.63) is 45.7 Å². The average Bonchev–Trinajstić information content (AvgIpc) is 3.09. The molecule has 7 rings (SSSR count). The van der Waals surface area contributed by atoms with Gasteiger partial charge in [-0.3, -0.25) is 9.59 Å². The summed E-state index contributed by atoms with van der Waals surface area (Å²) >= 11 is 0. The minimum absolute atomic E-state index is 0.0653. The van der Waals surface area contributed by atoms with Crippen LogP contribution in [0.15, 0.2) is 23.5 Å². The number of aromatic hydroxyl groups is 2. The summed E-state index contributed by atoms with van der Waals surface area (Å²) in [6.45, 7) is 6.98. The second-order valence-electron chi connectivity index (χ2n) is 9.16. The summed E-state index contributed by atoms with van der Waals surface area (Å²) in [5, 5.41) is 44.2. The molecule has 4 aliphatic heterocycles. The van der Waals surface area contributed by atoms with E-state index in [0.717, 1.165) is 0 Å². The summed E-state index contributed by atoms with van der Waals surface area (Å²) in [5.74, 6) is -2.05. The van der Waals surface area contributed by atoms with Crippen LogP contribution in [0, 0.1) is 0 Å². The molecule has 2 saturated heterocycles. The SMILES string of the molecule is C=C1C[C@@H]2O[C@@H](C)c3c(O)c4c(c(O)c3[C@@H]2O1)C(=O)C1=C(C4=O)C2(O)C(O)CC1OC2C. The fourth-order valence-corrected chi connectivity index (χ4v) is 6.05. The van der Waals surface area contributed by atoms with E-state index in [4.69, 9.17) is 14.2 Å². The number of aliphatic hydroxyl groups is 2. The molecule has 0 spiro atoms. The zero-order chi connectivity index (χ0) is 22.9. The van der Waals surface area contributed by atoms with Crippen molar-refractivity contribution >= 4 is 11.6 Å². The number of phenolic OH excluding ortho intramolecular Hbond substituents is 2. The predicted molar refractivity (Wildman–Crippen MR) is 106 cm³/mol. The highest BCUT2D eigenvalue weighted by Gasteiger charge is 2.62. The number of carbonyl (C=O) groups excluding carboxylic acids is 2. The highest BCUT2D eigenvalue weighted by Crippen LogP contribution is 2.57. The number of carbonyl (C=O) groups is 2. The molecule has 0 saturated carbocycles. The Morgan fingerprint density at radius 1 is 1.03 bits per heavy atom. The first kappa shape index (κ1) is 19.9. The van der Waals surface area contributed by atoms with Gasteiger partial charge in [-0.15, -0.1) is 0 Å². The molecule has 1 aromatic rings. The van der Waals surface area contributed by atoms with Crippen LogP contribution in [0.3, 0.4) is 0 Å². The van der Waals surface area contributed by atoms with E-state index in [-0.39, 0.29) is 34.3 Å². The standard InChI is InChI=1S/C23H22O9/c1-6-4-10-22(30-6)16-12(7(2)31-10)18(25)15-14(20(16)27)19(26)13-9-5-11(24)23(29,8(3)32-9)17(13)21(15)28/h7-11,22,24-25,27,29H,1,4-5H2,2-3H3/t7-,8?,9?,10-,11?,22+,23?/m0/s1. The van der Waals surface area contributed by atoms with Gasteiger partial charge in [0.2, 0.25) is 0 Å². The fourth-order valence-electron chi connectivity index (χ4n) is 6.05. The largest absolute Gasteiger partial charge is 0.507 e. The van der Waals surface area contributed by atoms with Gasteiger partial charge in [0.25, 0.3) is 0 Å². The van der Waals surface area contributed by atoms with Crippen LogP contribution >= 0.6 is 0 Å². The van der Waals surface area contributed by atoms with Crippen molar-refractivity contribution in [1.82, 2.24) is 0 Å². The minimum Gasteiger partial charge on any atom is -0.507 e. The smallest absolute Gasteiger partial charge is 0.197 e. The van der Waals surface area contributed by atoms with Crippen LogP contribution < -0.4 is 0 Å². The summed E-state index contributed by atoms with van der Waals surface area (Å²) in [6.07, 6.45) is -4.78. The normalized spacial score (nSPS) is 39.4. The van der Waals surface area contributed by atoms with Gasteiger partial charge in [0.05, 0.1) is 41.3 Å². The Morgan fingerprint density at radius 3 is 2.38 bits per heavy atom. The number of ketones is 2. The lowest BCUT2D eigenvalue weighted by molar-refractivity contribution is -0.207. The van der Waals surface area contributed by atoms with Crippen molar-refractivity contribution in [2.45, 2.75) is 68.9 Å². The molecule has 2 fully saturated rings. The number of hydrogen-bond donors (Lipinski definition) is 4. The highest BCUT2D eigenvalue weighted by molar-refractivity contribution is 6.30. The van der Waals surface area contributed by atoms with Crippen molar-refractivity contribution < 1.29 is 44.2 Å². The Morgan fingerprint density at radius 2 is 1.69 bits per heavy atom. The van der Waals surface area contributed by atoms with Crippen molar-refractivity contribution in [1.29, 1.82) is 0 Å². The van der Waals surface area contributed by atoms with Crippen LogP contribution in [0.5, 0.6) is 11.5 Å². The third-order valence-electron chi connectivity index (χ3n) is 7.51. The molecule has 32 heavy (non-hydrogen) atoms. The predicted octanol–water partition coefficient (Wildman–Crippen LogP) is 1.49. The average molecular weight is 442 g/mol. The molecule has 0 aromatic heterocycles. The Labute approximate surface area is 182 Å². The van der Waals surface area contributed by atoms with Crippen LogP contribution in [-0.4, -0.2) is 62.0 Å². The first-order valence-corrected chi connectivity index (χ1v) is 10.6. The van der Waals surface area contributed by atoms with Crippen LogP contribution in [0.2, 0.25) is 0 Å². The van der Waals surface area contributed by atoms with Crippen molar-refractivity contribution in [2.24, 2.45) is 0 Å². The fraction of sp³-hybridized carbons (Fsp3) is 0.478. The van der Waals surface area contributed by atoms with E-state index in [2.05, 4.69) is 6.58 Å². The summed E-state index contributed by atoms with van der Waals surface area (Å²) in [4.78, 5) is 27.2. The number of Topliss-reactive ketones (excluding diaryl/α,β-unsaturated/α-hetero) is 2. The van der Waals surface area contributed by atoms with Gasteiger partial charge in [0, 0.05) is 35.1 Å². The molecule has 4 N–H and O–H groups in total. The zero-order valence-corrected chi connectivity index (χ0v) is 17.4. The second-order valence-corrected chi connectivity index (χ2v) is 9.16. The van der Waals surface area contributed by atoms with E-state index in [0.29, 0.717) is 12.2 Å². The lowest BCUT2D eigenvalue weighted by Gasteiger charge is -2.52. The van der Waals surface area contributed by atoms with E-state index >= 15 is 0 Å². The van der Waals surface area contributed by atoms with E-state index in [1.807, 2.05) is 0 Å². The number of rotatable bonds is 0. The van der Waals surface area contributed by atoms with Crippen LogP contribution in [-0.2, 0) is 14.2 Å². The Bertz CT molecular complexity index is 1170. The number of ether oxygens (including phenoxy) is 3. The van der Waals surface area contributed by atoms with E-state index in [1.54, 1.807) is 6.92 Å². The molecule has 168 valence electrons. The number of phenols is 2. The maximum atomic E-state index is 13.6. The second kappa shape index (κ2) is 5.99. The Kier molecular flexibility index (Phi) is 3.73. The van der Waals surface area contributed by atoms with Gasteiger partial charge in [-0.2, -0.15) is 0 Å². The van der Waals surface area contributed by atoms with Gasteiger partial charge < -0.3 is 34.6 Å². The lowest BCUT2D eigenvalue weighted by Crippen LogP contribution is -2.66. The molecule has 0 amide bonds. The number of hydrogen-bond acceptors (Lipinski definition) is 9. The third kappa shape index (κ3) is 2.08. The van der Waals surface area contributed by atoms with Gasteiger partial charge in [0.1, 0.15) is 23.2 Å². The van der Waals surface area contributed by atoms with Crippen molar-refractivity contribution in [2.75, 3.05) is 0 Å². The van der Waals surface area contributed by atoms with Gasteiger partial charge in [-0.05, 0) is 13.8 Å². The molecule has 9 nitrogen and oxygen atoms in total. The minimum atomic E-state index is -2.11. The van der Waals surface area contributed by atoms with Gasteiger partial charge in [-0.25, -0.2) is 0 Å². The van der Waals surface area contributed by atoms with E-state index in [1.165, 1.54) is 6.92 Å². The van der Waals surface area contributed by atoms with Gasteiger partial charge in [-0.1, -0.05) is 6.58 Å². The summed E-state index contributed by atoms with van der Waals surface area (Å²) in [5.41, 5.74) is -2.87. The molecule has 1 aromatic carbocycles. The molecule has 2 aliphatic carbocycles. The van der Waals surface area contributed by atoms with Crippen LogP contribution in [0.25, 0.3) is 0 Å². The maximum absolute atomic E-state index is 13.6. The van der Waals surface area contributed by atoms with Crippen LogP contribution in [0.1, 0.15) is 70.7 Å². The summed E-state index contributed by atoms with van der Waals surface area (Å²) in [7, 11) is 0. The molecule has 2 bridgehead atoms. The topological polar surface area (TPSA) is 143 Å². The van der Waals surface area contributed by atoms with Gasteiger partial charge in [0.15, 0.2) is 17.7 Å². The first-order chi connectivity index (χ1) is 15.1. The maximum Gasteiger partial charge on any atom is 0.197 e. The monoisotopic (exact) mass is 442 g/mol. The molecule has 4 unspecified atom stereocenters. The summed E-state index contributed by atoms with van der Waals surface area (Å²) in [6, 6.07) is 0. The number of aliphatic hydroxyl groups excluding tert-OH is 1. The first-order valence-electron chi connectivity index (χ1n) is 10.6. The molecule has 0 radical (unpaired) electrons. The Hall–Kier alpha value is -2.72. The Balaban J connectivity index is 1.64. The summed E-state index contributed by atoms with van der Waals surface area (Å²) < 4.78 is 17.4. The molecule has 9 heteroatoms. The quantitative estimate of drug-likeness (QED) is 0.440. The van der Waals surface area contributed by atoms with Crippen molar-refractivity contribution in [3.63, 3.8) is 0 Å². The number of benzene rings is 1. The third-order valence-corrected chi connectivity index (χ3v) is 7.51.